The lowest BCUT2D eigenvalue weighted by Crippen LogP contribution is -2.37. The second-order valence-corrected chi connectivity index (χ2v) is 6.91. The van der Waals surface area contributed by atoms with Crippen molar-refractivity contribution in [2.75, 3.05) is 20.2 Å². The van der Waals surface area contributed by atoms with Gasteiger partial charge in [0.25, 0.3) is 0 Å². The Kier molecular flexibility index (Phi) is 5.06. The van der Waals surface area contributed by atoms with Crippen LogP contribution in [0.3, 0.4) is 0 Å². The third-order valence-electron chi connectivity index (χ3n) is 5.60. The van der Waals surface area contributed by atoms with Crippen molar-refractivity contribution in [2.45, 2.75) is 37.6 Å². The van der Waals surface area contributed by atoms with Gasteiger partial charge in [-0.05, 0) is 43.4 Å². The monoisotopic (exact) mass is 328 g/mol. The van der Waals surface area contributed by atoms with Crippen LogP contribution in [0, 0.1) is 23.2 Å². The summed E-state index contributed by atoms with van der Waals surface area (Å²) < 4.78 is 5.19. The van der Waals surface area contributed by atoms with E-state index in [2.05, 4.69) is 11.0 Å². The SMILES string of the molecule is COc1ccc([C@@H]2CN([C@H]3CC[C@H](C#N)CC3)C[C@H]2C(=O)O)cc1. The van der Waals surface area contributed by atoms with E-state index in [9.17, 15) is 9.90 Å². The first-order chi connectivity index (χ1) is 11.6. The molecule has 1 heterocycles. The summed E-state index contributed by atoms with van der Waals surface area (Å²) in [5, 5.41) is 18.7. The van der Waals surface area contributed by atoms with Gasteiger partial charge in [-0.15, -0.1) is 0 Å². The molecule has 0 radical (unpaired) electrons. The first kappa shape index (κ1) is 16.8. The molecule has 1 N–H and O–H groups in total. The van der Waals surface area contributed by atoms with Crippen LogP contribution in [0.15, 0.2) is 24.3 Å². The highest BCUT2D eigenvalue weighted by molar-refractivity contribution is 5.72. The number of likely N-dealkylation sites (tertiary alicyclic amines) is 1. The molecule has 0 amide bonds. The zero-order chi connectivity index (χ0) is 17.1. The highest BCUT2D eigenvalue weighted by atomic mass is 16.5. The summed E-state index contributed by atoms with van der Waals surface area (Å²) in [7, 11) is 1.63. The van der Waals surface area contributed by atoms with Crippen LogP contribution in [0.4, 0.5) is 0 Å². The molecule has 1 aromatic carbocycles. The minimum Gasteiger partial charge on any atom is -0.497 e. The molecule has 3 rings (SSSR count). The number of rotatable bonds is 4. The third-order valence-corrected chi connectivity index (χ3v) is 5.60. The second-order valence-electron chi connectivity index (χ2n) is 6.91. The minimum absolute atomic E-state index is 0.0158. The molecule has 1 aliphatic heterocycles. The molecule has 2 aliphatic rings. The van der Waals surface area contributed by atoms with Crippen molar-refractivity contribution < 1.29 is 14.6 Å². The number of methoxy groups -OCH3 is 1. The Morgan fingerprint density at radius 1 is 1.21 bits per heavy atom. The fourth-order valence-corrected chi connectivity index (χ4v) is 4.14. The minimum atomic E-state index is -0.718. The largest absolute Gasteiger partial charge is 0.497 e. The molecule has 0 aromatic heterocycles. The van der Waals surface area contributed by atoms with Crippen LogP contribution in [-0.2, 0) is 4.79 Å². The predicted molar refractivity (Wildman–Crippen MR) is 89.8 cm³/mol. The van der Waals surface area contributed by atoms with Gasteiger partial charge >= 0.3 is 5.97 Å². The third kappa shape index (κ3) is 3.39. The number of carboxylic acid groups (broad SMARTS) is 1. The van der Waals surface area contributed by atoms with Gasteiger partial charge in [0.2, 0.25) is 0 Å². The van der Waals surface area contributed by atoms with Gasteiger partial charge in [0.05, 0.1) is 19.1 Å². The molecular weight excluding hydrogens is 304 g/mol. The van der Waals surface area contributed by atoms with Gasteiger partial charge in [-0.3, -0.25) is 9.69 Å². The fourth-order valence-electron chi connectivity index (χ4n) is 4.14. The zero-order valence-corrected chi connectivity index (χ0v) is 14.0. The summed E-state index contributed by atoms with van der Waals surface area (Å²) in [6, 6.07) is 10.5. The van der Waals surface area contributed by atoms with Crippen molar-refractivity contribution in [1.29, 1.82) is 5.26 Å². The van der Waals surface area contributed by atoms with Crippen molar-refractivity contribution in [1.82, 2.24) is 4.90 Å². The smallest absolute Gasteiger partial charge is 0.308 e. The molecule has 0 unspecified atom stereocenters. The zero-order valence-electron chi connectivity index (χ0n) is 14.0. The Bertz CT molecular complexity index is 614. The number of benzene rings is 1. The number of nitrogens with zero attached hydrogens (tertiary/aromatic N) is 2. The number of nitriles is 1. The van der Waals surface area contributed by atoms with Gasteiger partial charge in [-0.25, -0.2) is 0 Å². The topological polar surface area (TPSA) is 73.6 Å². The number of hydrogen-bond acceptors (Lipinski definition) is 4. The van der Waals surface area contributed by atoms with E-state index in [0.717, 1.165) is 43.5 Å². The quantitative estimate of drug-likeness (QED) is 0.920. The molecule has 0 spiro atoms. The van der Waals surface area contributed by atoms with Gasteiger partial charge in [0.15, 0.2) is 0 Å². The van der Waals surface area contributed by atoms with E-state index in [-0.39, 0.29) is 17.8 Å². The molecule has 5 heteroatoms. The van der Waals surface area contributed by atoms with Gasteiger partial charge in [0.1, 0.15) is 5.75 Å². The standard InChI is InChI=1S/C19H24N2O3/c1-24-16-8-4-14(5-9-16)17-11-21(12-18(17)19(22)23)15-6-2-13(10-20)3-7-15/h4-5,8-9,13,15,17-18H,2-3,6-7,11-12H2,1H3,(H,22,23)/t13-,15-,17-,18+/m0/s1. The fraction of sp³-hybridized carbons (Fsp3) is 0.579. The Labute approximate surface area is 142 Å². The second kappa shape index (κ2) is 7.23. The molecule has 24 heavy (non-hydrogen) atoms. The van der Waals surface area contributed by atoms with Crippen molar-refractivity contribution >= 4 is 5.97 Å². The number of hydrogen-bond donors (Lipinski definition) is 1. The van der Waals surface area contributed by atoms with Crippen LogP contribution < -0.4 is 4.74 Å². The molecule has 1 aliphatic carbocycles. The predicted octanol–water partition coefficient (Wildman–Crippen LogP) is 2.88. The maximum Gasteiger partial charge on any atom is 0.308 e. The molecule has 128 valence electrons. The van der Waals surface area contributed by atoms with Crippen LogP contribution in [0.25, 0.3) is 0 Å². The van der Waals surface area contributed by atoms with Crippen LogP contribution in [0.1, 0.15) is 37.2 Å². The van der Waals surface area contributed by atoms with Crippen molar-refractivity contribution in [3.63, 3.8) is 0 Å². The summed E-state index contributed by atoms with van der Waals surface area (Å²) in [5.41, 5.74) is 1.07. The van der Waals surface area contributed by atoms with Crippen molar-refractivity contribution in [2.24, 2.45) is 11.8 Å². The molecule has 1 saturated heterocycles. The molecule has 1 aromatic rings. The Morgan fingerprint density at radius 2 is 1.88 bits per heavy atom. The molecule has 1 saturated carbocycles. The number of ether oxygens (including phenoxy) is 1. The van der Waals surface area contributed by atoms with E-state index in [1.165, 1.54) is 0 Å². The Morgan fingerprint density at radius 3 is 2.42 bits per heavy atom. The average Bonchev–Trinajstić information content (AvgIpc) is 3.07. The summed E-state index contributed by atoms with van der Waals surface area (Å²) in [6.45, 7) is 1.39. The van der Waals surface area contributed by atoms with Crippen LogP contribution >= 0.6 is 0 Å². The van der Waals surface area contributed by atoms with E-state index >= 15 is 0 Å². The van der Waals surface area contributed by atoms with E-state index in [1.54, 1.807) is 7.11 Å². The first-order valence-electron chi connectivity index (χ1n) is 8.62. The van der Waals surface area contributed by atoms with E-state index in [1.807, 2.05) is 24.3 Å². The molecule has 5 nitrogen and oxygen atoms in total. The lowest BCUT2D eigenvalue weighted by Gasteiger charge is -2.32. The summed E-state index contributed by atoms with van der Waals surface area (Å²) >= 11 is 0. The number of aliphatic carboxylic acids is 1. The van der Waals surface area contributed by atoms with Crippen LogP contribution in [-0.4, -0.2) is 42.2 Å². The normalized spacial score (nSPS) is 30.7. The Hall–Kier alpha value is -2.06. The summed E-state index contributed by atoms with van der Waals surface area (Å²) in [6.07, 6.45) is 3.87. The molecule has 2 atom stereocenters. The summed E-state index contributed by atoms with van der Waals surface area (Å²) in [5.74, 6) is -0.106. The Balaban J connectivity index is 1.72. The van der Waals surface area contributed by atoms with Gasteiger partial charge in [-0.2, -0.15) is 5.26 Å². The van der Waals surface area contributed by atoms with E-state index in [4.69, 9.17) is 10.00 Å². The molecular formula is C19H24N2O3. The van der Waals surface area contributed by atoms with Crippen molar-refractivity contribution in [3.8, 4) is 11.8 Å². The van der Waals surface area contributed by atoms with Gasteiger partial charge in [0, 0.05) is 31.0 Å². The maximum atomic E-state index is 11.7. The van der Waals surface area contributed by atoms with Gasteiger partial charge < -0.3 is 9.84 Å². The molecule has 0 bridgehead atoms. The van der Waals surface area contributed by atoms with Crippen LogP contribution in [0.2, 0.25) is 0 Å². The van der Waals surface area contributed by atoms with E-state index in [0.29, 0.717) is 12.6 Å². The van der Waals surface area contributed by atoms with E-state index < -0.39 is 5.97 Å². The number of carboxylic acids is 1. The average molecular weight is 328 g/mol. The lowest BCUT2D eigenvalue weighted by atomic mass is 9.86. The first-order valence-corrected chi connectivity index (χ1v) is 8.62. The van der Waals surface area contributed by atoms with Gasteiger partial charge in [-0.1, -0.05) is 12.1 Å². The maximum absolute atomic E-state index is 11.7. The summed E-state index contributed by atoms with van der Waals surface area (Å²) in [4.78, 5) is 14.1. The highest BCUT2D eigenvalue weighted by Crippen LogP contribution is 2.38. The molecule has 2 fully saturated rings. The number of carbonyl (C=O) groups is 1. The highest BCUT2D eigenvalue weighted by Gasteiger charge is 2.41. The lowest BCUT2D eigenvalue weighted by molar-refractivity contribution is -0.141. The van der Waals surface area contributed by atoms with Crippen molar-refractivity contribution in [3.05, 3.63) is 29.8 Å². The van der Waals surface area contributed by atoms with Crippen LogP contribution in [0.5, 0.6) is 5.75 Å².